The van der Waals surface area contributed by atoms with E-state index in [4.69, 9.17) is 4.74 Å². The summed E-state index contributed by atoms with van der Waals surface area (Å²) in [5, 5.41) is 2.96. The quantitative estimate of drug-likeness (QED) is 0.906. The van der Waals surface area contributed by atoms with Crippen LogP contribution in [0.15, 0.2) is 36.4 Å². The van der Waals surface area contributed by atoms with Crippen LogP contribution in [-0.2, 0) is 6.54 Å². The molecule has 0 unspecified atom stereocenters. The van der Waals surface area contributed by atoms with Crippen molar-refractivity contribution in [2.24, 2.45) is 0 Å². The van der Waals surface area contributed by atoms with Crippen molar-refractivity contribution in [1.29, 1.82) is 0 Å². The van der Waals surface area contributed by atoms with Gasteiger partial charge in [0.1, 0.15) is 17.4 Å². The van der Waals surface area contributed by atoms with Crippen molar-refractivity contribution in [3.05, 3.63) is 53.7 Å². The third kappa shape index (κ3) is 3.24. The minimum absolute atomic E-state index is 0.0848. The van der Waals surface area contributed by atoms with E-state index in [1.165, 1.54) is 0 Å². The number of nitrogens with zero attached hydrogens (tertiary/aromatic N) is 1. The molecule has 0 atom stereocenters. The zero-order chi connectivity index (χ0) is 13.0. The fourth-order valence-electron chi connectivity index (χ4n) is 1.50. The summed E-state index contributed by atoms with van der Waals surface area (Å²) in [4.78, 5) is 4.19. The molecule has 0 aliphatic carbocycles. The highest BCUT2D eigenvalue weighted by Crippen LogP contribution is 2.21. The molecule has 2 aromatic rings. The van der Waals surface area contributed by atoms with Gasteiger partial charge in [0.25, 0.3) is 0 Å². The maximum absolute atomic E-state index is 13.0. The number of nitrogens with one attached hydrogen (secondary N) is 1. The fourth-order valence-corrected chi connectivity index (χ4v) is 1.50. The van der Waals surface area contributed by atoms with E-state index in [9.17, 15) is 8.78 Å². The summed E-state index contributed by atoms with van der Waals surface area (Å²) < 4.78 is 31.3. The van der Waals surface area contributed by atoms with E-state index in [0.717, 1.165) is 23.9 Å². The Labute approximate surface area is 103 Å². The number of hydrogen-bond acceptors (Lipinski definition) is 3. The molecule has 1 aromatic carbocycles. The standard InChI is InChI=1S/C13H12F2N2O/c1-16-8-11-3-2-4-13(17-11)18-12-6-9(14)5-10(15)7-12/h2-7,16H,8H2,1H3. The van der Waals surface area contributed by atoms with Crippen LogP contribution in [0.1, 0.15) is 5.69 Å². The molecule has 94 valence electrons. The first kappa shape index (κ1) is 12.4. The number of pyridine rings is 1. The first-order valence-corrected chi connectivity index (χ1v) is 5.42. The van der Waals surface area contributed by atoms with Crippen LogP contribution in [0.5, 0.6) is 11.6 Å². The lowest BCUT2D eigenvalue weighted by molar-refractivity contribution is 0.449. The van der Waals surface area contributed by atoms with Crippen LogP contribution in [-0.4, -0.2) is 12.0 Å². The number of aromatic nitrogens is 1. The first-order valence-electron chi connectivity index (χ1n) is 5.42. The number of benzene rings is 1. The monoisotopic (exact) mass is 250 g/mol. The van der Waals surface area contributed by atoms with Gasteiger partial charge in [0.05, 0.1) is 5.69 Å². The maximum Gasteiger partial charge on any atom is 0.219 e. The molecule has 0 spiro atoms. The second kappa shape index (κ2) is 5.55. The second-order valence-corrected chi connectivity index (χ2v) is 3.70. The molecule has 0 saturated heterocycles. The van der Waals surface area contributed by atoms with E-state index in [1.54, 1.807) is 19.2 Å². The molecule has 0 aliphatic rings. The third-order valence-corrected chi connectivity index (χ3v) is 2.20. The summed E-state index contributed by atoms with van der Waals surface area (Å²) in [5.41, 5.74) is 0.784. The Morgan fingerprint density at radius 3 is 2.56 bits per heavy atom. The molecule has 1 aromatic heterocycles. The molecule has 0 aliphatic heterocycles. The lowest BCUT2D eigenvalue weighted by Crippen LogP contribution is -2.06. The molecule has 1 heterocycles. The van der Waals surface area contributed by atoms with Crippen molar-refractivity contribution >= 4 is 0 Å². The Hall–Kier alpha value is -2.01. The van der Waals surface area contributed by atoms with Crippen molar-refractivity contribution in [2.45, 2.75) is 6.54 Å². The zero-order valence-electron chi connectivity index (χ0n) is 9.78. The molecule has 0 saturated carbocycles. The number of hydrogen-bond donors (Lipinski definition) is 1. The van der Waals surface area contributed by atoms with Gasteiger partial charge in [-0.15, -0.1) is 0 Å². The molecule has 5 heteroatoms. The Kier molecular flexibility index (Phi) is 3.84. The summed E-state index contributed by atoms with van der Waals surface area (Å²) in [6.07, 6.45) is 0. The molecular weight excluding hydrogens is 238 g/mol. The van der Waals surface area contributed by atoms with E-state index < -0.39 is 11.6 Å². The minimum Gasteiger partial charge on any atom is -0.439 e. The number of rotatable bonds is 4. The van der Waals surface area contributed by atoms with E-state index in [1.807, 2.05) is 6.07 Å². The Morgan fingerprint density at radius 2 is 1.89 bits per heavy atom. The average Bonchev–Trinajstić information content (AvgIpc) is 2.28. The predicted octanol–water partition coefficient (Wildman–Crippen LogP) is 2.87. The maximum atomic E-state index is 13.0. The van der Waals surface area contributed by atoms with Crippen molar-refractivity contribution < 1.29 is 13.5 Å². The van der Waals surface area contributed by atoms with Crippen molar-refractivity contribution in [3.8, 4) is 11.6 Å². The van der Waals surface area contributed by atoms with E-state index in [2.05, 4.69) is 10.3 Å². The zero-order valence-corrected chi connectivity index (χ0v) is 9.78. The summed E-state index contributed by atoms with van der Waals surface area (Å²) >= 11 is 0. The molecular formula is C13H12F2N2O. The van der Waals surface area contributed by atoms with E-state index in [-0.39, 0.29) is 5.75 Å². The minimum atomic E-state index is -0.684. The van der Waals surface area contributed by atoms with Crippen LogP contribution < -0.4 is 10.1 Å². The molecule has 0 amide bonds. The van der Waals surface area contributed by atoms with Crippen molar-refractivity contribution in [2.75, 3.05) is 7.05 Å². The van der Waals surface area contributed by atoms with Gasteiger partial charge in [-0.3, -0.25) is 0 Å². The van der Waals surface area contributed by atoms with Gasteiger partial charge in [-0.05, 0) is 13.1 Å². The van der Waals surface area contributed by atoms with Gasteiger partial charge in [0.15, 0.2) is 0 Å². The Balaban J connectivity index is 2.20. The highest BCUT2D eigenvalue weighted by atomic mass is 19.1. The van der Waals surface area contributed by atoms with Gasteiger partial charge >= 0.3 is 0 Å². The van der Waals surface area contributed by atoms with Gasteiger partial charge < -0.3 is 10.1 Å². The molecule has 18 heavy (non-hydrogen) atoms. The third-order valence-electron chi connectivity index (χ3n) is 2.20. The van der Waals surface area contributed by atoms with Crippen molar-refractivity contribution in [3.63, 3.8) is 0 Å². The summed E-state index contributed by atoms with van der Waals surface area (Å²) in [5.74, 6) is -0.984. The highest BCUT2D eigenvalue weighted by molar-refractivity contribution is 5.28. The largest absolute Gasteiger partial charge is 0.439 e. The smallest absolute Gasteiger partial charge is 0.219 e. The average molecular weight is 250 g/mol. The van der Waals surface area contributed by atoms with Gasteiger partial charge in [-0.1, -0.05) is 6.07 Å². The Morgan fingerprint density at radius 1 is 1.17 bits per heavy atom. The highest BCUT2D eigenvalue weighted by Gasteiger charge is 2.04. The van der Waals surface area contributed by atoms with Crippen LogP contribution >= 0.6 is 0 Å². The van der Waals surface area contributed by atoms with Crippen LogP contribution in [0.3, 0.4) is 0 Å². The molecule has 0 fully saturated rings. The van der Waals surface area contributed by atoms with Gasteiger partial charge in [-0.25, -0.2) is 13.8 Å². The molecule has 1 N–H and O–H groups in total. The summed E-state index contributed by atoms with van der Waals surface area (Å²) in [6, 6.07) is 8.23. The van der Waals surface area contributed by atoms with Gasteiger partial charge in [0, 0.05) is 30.8 Å². The van der Waals surface area contributed by atoms with Crippen LogP contribution in [0.4, 0.5) is 8.78 Å². The van der Waals surface area contributed by atoms with Crippen LogP contribution in [0.25, 0.3) is 0 Å². The lowest BCUT2D eigenvalue weighted by Gasteiger charge is -2.06. The number of ether oxygens (including phenoxy) is 1. The van der Waals surface area contributed by atoms with E-state index in [0.29, 0.717) is 12.4 Å². The fraction of sp³-hybridized carbons (Fsp3) is 0.154. The number of halogens is 2. The Bertz CT molecular complexity index is 526. The summed E-state index contributed by atoms with van der Waals surface area (Å²) in [7, 11) is 1.80. The molecule has 2 rings (SSSR count). The SMILES string of the molecule is CNCc1cccc(Oc2cc(F)cc(F)c2)n1. The van der Waals surface area contributed by atoms with E-state index >= 15 is 0 Å². The first-order chi connectivity index (χ1) is 8.67. The molecule has 0 bridgehead atoms. The molecule has 3 nitrogen and oxygen atoms in total. The van der Waals surface area contributed by atoms with Gasteiger partial charge in [0.2, 0.25) is 5.88 Å². The van der Waals surface area contributed by atoms with Crippen LogP contribution in [0, 0.1) is 11.6 Å². The topological polar surface area (TPSA) is 34.1 Å². The van der Waals surface area contributed by atoms with Gasteiger partial charge in [-0.2, -0.15) is 0 Å². The normalized spacial score (nSPS) is 10.4. The van der Waals surface area contributed by atoms with Crippen LogP contribution in [0.2, 0.25) is 0 Å². The van der Waals surface area contributed by atoms with Crippen molar-refractivity contribution in [1.82, 2.24) is 10.3 Å². The predicted molar refractivity (Wildman–Crippen MR) is 63.4 cm³/mol. The summed E-state index contributed by atoms with van der Waals surface area (Å²) in [6.45, 7) is 0.592. The molecule has 0 radical (unpaired) electrons. The lowest BCUT2D eigenvalue weighted by atomic mass is 10.3. The second-order valence-electron chi connectivity index (χ2n) is 3.70.